The van der Waals surface area contributed by atoms with Gasteiger partial charge in [0.05, 0.1) is 23.7 Å². The fraction of sp³-hybridized carbons (Fsp3) is 0.556. The molecule has 0 saturated carbocycles. The Hall–Kier alpha value is -2.22. The smallest absolute Gasteiger partial charge is 0.410 e. The minimum Gasteiger partial charge on any atom is -0.444 e. The minimum atomic E-state index is -0.485. The van der Waals surface area contributed by atoms with E-state index in [-0.39, 0.29) is 18.2 Å². The van der Waals surface area contributed by atoms with Gasteiger partial charge in [0, 0.05) is 18.8 Å². The molecule has 0 bridgehead atoms. The van der Waals surface area contributed by atoms with Gasteiger partial charge in [-0.25, -0.2) is 4.79 Å². The second kappa shape index (κ2) is 6.49. The van der Waals surface area contributed by atoms with Crippen LogP contribution in [-0.2, 0) is 4.74 Å². The zero-order valence-electron chi connectivity index (χ0n) is 14.5. The number of nitriles is 1. The Morgan fingerprint density at radius 3 is 2.13 bits per heavy atom. The molecule has 1 fully saturated rings. The number of piperazine rings is 1. The number of hydrogen-bond acceptors (Lipinski definition) is 4. The Bertz CT molecular complexity index is 586. The fourth-order valence-corrected chi connectivity index (χ4v) is 2.95. The van der Waals surface area contributed by atoms with E-state index in [1.54, 1.807) is 0 Å². The zero-order chi connectivity index (χ0) is 17.2. The Morgan fingerprint density at radius 1 is 1.17 bits per heavy atom. The molecule has 1 aromatic carbocycles. The summed E-state index contributed by atoms with van der Waals surface area (Å²) in [5.74, 6) is 0. The predicted octanol–water partition coefficient (Wildman–Crippen LogP) is 3.39. The minimum absolute atomic E-state index is 0.0595. The van der Waals surface area contributed by atoms with Crippen molar-refractivity contribution in [1.82, 2.24) is 4.90 Å². The molecule has 23 heavy (non-hydrogen) atoms. The van der Waals surface area contributed by atoms with Crippen LogP contribution < -0.4 is 4.90 Å². The summed E-state index contributed by atoms with van der Waals surface area (Å²) < 4.78 is 5.52. The number of rotatable bonds is 1. The summed E-state index contributed by atoms with van der Waals surface area (Å²) >= 11 is 0. The van der Waals surface area contributed by atoms with Crippen molar-refractivity contribution in [1.29, 1.82) is 5.26 Å². The van der Waals surface area contributed by atoms with Gasteiger partial charge in [0.25, 0.3) is 0 Å². The van der Waals surface area contributed by atoms with Gasteiger partial charge in [0.1, 0.15) is 5.60 Å². The molecule has 0 spiro atoms. The number of carbonyl (C=O) groups excluding carboxylic acids is 1. The van der Waals surface area contributed by atoms with E-state index in [0.717, 1.165) is 18.8 Å². The Labute approximate surface area is 138 Å². The standard InChI is InChI=1S/C18H25N3O2/c1-13-11-20(16-8-6-15(10-19)7-9-16)12-14(2)21(13)17(22)23-18(3,4)5/h6-9,13-14H,11-12H2,1-5H3/t13-,14+. The van der Waals surface area contributed by atoms with Crippen molar-refractivity contribution < 1.29 is 9.53 Å². The lowest BCUT2D eigenvalue weighted by molar-refractivity contribution is 0.00566. The lowest BCUT2D eigenvalue weighted by Crippen LogP contribution is -2.59. The van der Waals surface area contributed by atoms with Gasteiger partial charge in [-0.2, -0.15) is 5.26 Å². The number of ether oxygens (including phenoxy) is 1. The number of anilines is 1. The molecule has 1 aromatic rings. The van der Waals surface area contributed by atoms with E-state index in [4.69, 9.17) is 10.00 Å². The molecule has 0 radical (unpaired) electrons. The highest BCUT2D eigenvalue weighted by Gasteiger charge is 2.35. The van der Waals surface area contributed by atoms with Gasteiger partial charge in [-0.15, -0.1) is 0 Å². The molecule has 1 aliphatic rings. The average Bonchev–Trinajstić information content (AvgIpc) is 2.44. The zero-order valence-corrected chi connectivity index (χ0v) is 14.5. The lowest BCUT2D eigenvalue weighted by atomic mass is 10.1. The first-order valence-corrected chi connectivity index (χ1v) is 7.97. The highest BCUT2D eigenvalue weighted by atomic mass is 16.6. The summed E-state index contributed by atoms with van der Waals surface area (Å²) in [7, 11) is 0. The van der Waals surface area contributed by atoms with Crippen LogP contribution in [0.15, 0.2) is 24.3 Å². The summed E-state index contributed by atoms with van der Waals surface area (Å²) in [4.78, 5) is 16.5. The maximum atomic E-state index is 12.4. The van der Waals surface area contributed by atoms with Crippen LogP contribution >= 0.6 is 0 Å². The van der Waals surface area contributed by atoms with Gasteiger partial charge >= 0.3 is 6.09 Å². The normalized spacial score (nSPS) is 21.7. The van der Waals surface area contributed by atoms with Crippen molar-refractivity contribution in [2.45, 2.75) is 52.3 Å². The van der Waals surface area contributed by atoms with Gasteiger partial charge in [-0.1, -0.05) is 0 Å². The van der Waals surface area contributed by atoms with Crippen LogP contribution in [-0.4, -0.2) is 41.8 Å². The molecule has 0 N–H and O–H groups in total. The van der Waals surface area contributed by atoms with Crippen LogP contribution in [0.25, 0.3) is 0 Å². The van der Waals surface area contributed by atoms with Crippen molar-refractivity contribution in [2.24, 2.45) is 0 Å². The lowest BCUT2D eigenvalue weighted by Gasteiger charge is -2.45. The number of carbonyl (C=O) groups is 1. The monoisotopic (exact) mass is 315 g/mol. The molecule has 0 aliphatic carbocycles. The fourth-order valence-electron chi connectivity index (χ4n) is 2.95. The summed E-state index contributed by atoms with van der Waals surface area (Å²) in [5, 5.41) is 8.89. The van der Waals surface area contributed by atoms with Crippen molar-refractivity contribution in [3.63, 3.8) is 0 Å². The second-order valence-corrected chi connectivity index (χ2v) is 7.15. The highest BCUT2D eigenvalue weighted by Crippen LogP contribution is 2.24. The SMILES string of the molecule is C[C@@H]1CN(c2ccc(C#N)cc2)C[C@H](C)N1C(=O)OC(C)(C)C. The maximum Gasteiger partial charge on any atom is 0.410 e. The summed E-state index contributed by atoms with van der Waals surface area (Å²) in [6.07, 6.45) is -0.253. The predicted molar refractivity (Wildman–Crippen MR) is 90.4 cm³/mol. The first-order chi connectivity index (χ1) is 10.7. The van der Waals surface area contributed by atoms with Crippen molar-refractivity contribution in [3.05, 3.63) is 29.8 Å². The number of benzene rings is 1. The molecule has 1 heterocycles. The molecule has 1 saturated heterocycles. The average molecular weight is 315 g/mol. The summed E-state index contributed by atoms with van der Waals surface area (Å²) in [5.41, 5.74) is 1.25. The maximum absolute atomic E-state index is 12.4. The molecule has 2 rings (SSSR count). The van der Waals surface area contributed by atoms with Crippen LogP contribution in [0.4, 0.5) is 10.5 Å². The van der Waals surface area contributed by atoms with E-state index in [0.29, 0.717) is 5.56 Å². The second-order valence-electron chi connectivity index (χ2n) is 7.15. The van der Waals surface area contributed by atoms with Gasteiger partial charge < -0.3 is 9.64 Å². The van der Waals surface area contributed by atoms with Gasteiger partial charge in [-0.05, 0) is 58.9 Å². The van der Waals surface area contributed by atoms with Gasteiger partial charge in [0.2, 0.25) is 0 Å². The Morgan fingerprint density at radius 2 is 1.70 bits per heavy atom. The molecule has 1 aliphatic heterocycles. The molecule has 2 atom stereocenters. The third-order valence-electron chi connectivity index (χ3n) is 3.88. The number of nitrogens with zero attached hydrogens (tertiary/aromatic N) is 3. The van der Waals surface area contributed by atoms with Crippen LogP contribution in [0.3, 0.4) is 0 Å². The number of amides is 1. The third-order valence-corrected chi connectivity index (χ3v) is 3.88. The van der Waals surface area contributed by atoms with Crippen LogP contribution in [0.1, 0.15) is 40.2 Å². The molecule has 1 amide bonds. The van der Waals surface area contributed by atoms with Gasteiger partial charge in [0.15, 0.2) is 0 Å². The Kier molecular flexibility index (Phi) is 4.84. The van der Waals surface area contributed by atoms with E-state index in [2.05, 4.69) is 11.0 Å². The third kappa shape index (κ3) is 4.16. The first-order valence-electron chi connectivity index (χ1n) is 7.97. The van der Waals surface area contributed by atoms with Crippen molar-refractivity contribution >= 4 is 11.8 Å². The van der Waals surface area contributed by atoms with Crippen LogP contribution in [0.2, 0.25) is 0 Å². The molecular weight excluding hydrogens is 290 g/mol. The van der Waals surface area contributed by atoms with Crippen LogP contribution in [0.5, 0.6) is 0 Å². The van der Waals surface area contributed by atoms with E-state index in [9.17, 15) is 4.79 Å². The van der Waals surface area contributed by atoms with E-state index < -0.39 is 5.60 Å². The summed E-state index contributed by atoms with van der Waals surface area (Å²) in [6, 6.07) is 9.82. The quantitative estimate of drug-likeness (QED) is 0.797. The molecule has 5 nitrogen and oxygen atoms in total. The van der Waals surface area contributed by atoms with Crippen molar-refractivity contribution in [2.75, 3.05) is 18.0 Å². The van der Waals surface area contributed by atoms with Crippen LogP contribution in [0, 0.1) is 11.3 Å². The highest BCUT2D eigenvalue weighted by molar-refractivity contribution is 5.69. The van der Waals surface area contributed by atoms with E-state index in [1.807, 2.05) is 63.8 Å². The molecule has 124 valence electrons. The largest absolute Gasteiger partial charge is 0.444 e. The molecule has 0 unspecified atom stereocenters. The molecular formula is C18H25N3O2. The first kappa shape index (κ1) is 17.1. The number of hydrogen-bond donors (Lipinski definition) is 0. The van der Waals surface area contributed by atoms with E-state index >= 15 is 0 Å². The molecule has 0 aromatic heterocycles. The topological polar surface area (TPSA) is 56.6 Å². The summed E-state index contributed by atoms with van der Waals surface area (Å²) in [6.45, 7) is 11.2. The van der Waals surface area contributed by atoms with E-state index in [1.165, 1.54) is 0 Å². The van der Waals surface area contributed by atoms with Gasteiger partial charge in [-0.3, -0.25) is 4.90 Å². The van der Waals surface area contributed by atoms with Crippen molar-refractivity contribution in [3.8, 4) is 6.07 Å². The molecule has 5 heteroatoms. The Balaban J connectivity index is 2.09.